The summed E-state index contributed by atoms with van der Waals surface area (Å²) in [4.78, 5) is 24.4. The Labute approximate surface area is 124 Å². The number of amides is 2. The number of nitrogens with zero attached hydrogens (tertiary/aromatic N) is 1. The van der Waals surface area contributed by atoms with Crippen LogP contribution in [0.4, 0.5) is 4.79 Å². The highest BCUT2D eigenvalue weighted by atomic mass is 16.4. The topological polar surface area (TPSA) is 89.9 Å². The van der Waals surface area contributed by atoms with E-state index in [1.54, 1.807) is 17.0 Å². The SMILES string of the molecule is CC(C)N(CCO)C(=O)NCCc1cccc(C(=O)O)c1. The number of nitrogens with one attached hydrogen (secondary N) is 1. The van der Waals surface area contributed by atoms with Gasteiger partial charge in [0.05, 0.1) is 12.2 Å². The molecule has 3 N–H and O–H groups in total. The van der Waals surface area contributed by atoms with Gasteiger partial charge in [0.1, 0.15) is 0 Å². The summed E-state index contributed by atoms with van der Waals surface area (Å²) in [5.41, 5.74) is 1.09. The molecule has 0 aromatic heterocycles. The summed E-state index contributed by atoms with van der Waals surface area (Å²) >= 11 is 0. The molecule has 0 unspecified atom stereocenters. The van der Waals surface area contributed by atoms with Crippen molar-refractivity contribution in [2.45, 2.75) is 26.3 Å². The van der Waals surface area contributed by atoms with E-state index in [4.69, 9.17) is 10.2 Å². The summed E-state index contributed by atoms with van der Waals surface area (Å²) in [5, 5.41) is 20.6. The maximum Gasteiger partial charge on any atom is 0.335 e. The van der Waals surface area contributed by atoms with Crippen LogP contribution in [0.25, 0.3) is 0 Å². The van der Waals surface area contributed by atoms with Crippen LogP contribution in [-0.2, 0) is 6.42 Å². The molecule has 0 bridgehead atoms. The number of carbonyl (C=O) groups excluding carboxylic acids is 1. The normalized spacial score (nSPS) is 10.5. The smallest absolute Gasteiger partial charge is 0.335 e. The van der Waals surface area contributed by atoms with Gasteiger partial charge in [0.2, 0.25) is 0 Å². The average molecular weight is 294 g/mol. The first-order chi connectivity index (χ1) is 9.95. The molecule has 6 heteroatoms. The Hall–Kier alpha value is -2.08. The maximum atomic E-state index is 11.9. The summed E-state index contributed by atoms with van der Waals surface area (Å²) in [6.45, 7) is 4.39. The van der Waals surface area contributed by atoms with Crippen LogP contribution in [-0.4, -0.2) is 52.9 Å². The Balaban J connectivity index is 2.51. The lowest BCUT2D eigenvalue weighted by atomic mass is 10.1. The van der Waals surface area contributed by atoms with E-state index in [2.05, 4.69) is 5.32 Å². The second kappa shape index (κ2) is 8.26. The molecule has 0 saturated heterocycles. The van der Waals surface area contributed by atoms with E-state index < -0.39 is 5.97 Å². The van der Waals surface area contributed by atoms with Gasteiger partial charge in [-0.3, -0.25) is 0 Å². The van der Waals surface area contributed by atoms with Crippen molar-refractivity contribution in [3.63, 3.8) is 0 Å². The first-order valence-corrected chi connectivity index (χ1v) is 6.93. The molecule has 0 spiro atoms. The monoisotopic (exact) mass is 294 g/mol. The standard InChI is InChI=1S/C15H22N2O4/c1-11(2)17(8-9-18)15(21)16-7-6-12-4-3-5-13(10-12)14(19)20/h3-5,10-11,18H,6-9H2,1-2H3,(H,16,21)(H,19,20). The van der Waals surface area contributed by atoms with Crippen LogP contribution < -0.4 is 5.32 Å². The Morgan fingerprint density at radius 1 is 1.33 bits per heavy atom. The molecular weight excluding hydrogens is 272 g/mol. The average Bonchev–Trinajstić information content (AvgIpc) is 2.44. The predicted molar refractivity (Wildman–Crippen MR) is 79.4 cm³/mol. The van der Waals surface area contributed by atoms with Crippen molar-refractivity contribution in [1.82, 2.24) is 10.2 Å². The van der Waals surface area contributed by atoms with Crippen molar-refractivity contribution in [1.29, 1.82) is 0 Å². The van der Waals surface area contributed by atoms with Crippen LogP contribution in [0.2, 0.25) is 0 Å². The maximum absolute atomic E-state index is 11.9. The van der Waals surface area contributed by atoms with Crippen LogP contribution in [0.15, 0.2) is 24.3 Å². The first kappa shape index (κ1) is 17.0. The lowest BCUT2D eigenvalue weighted by Gasteiger charge is -2.26. The molecule has 0 aliphatic heterocycles. The summed E-state index contributed by atoms with van der Waals surface area (Å²) in [7, 11) is 0. The molecule has 0 aliphatic carbocycles. The summed E-state index contributed by atoms with van der Waals surface area (Å²) in [6, 6.07) is 6.43. The molecular formula is C15H22N2O4. The first-order valence-electron chi connectivity index (χ1n) is 6.93. The highest BCUT2D eigenvalue weighted by molar-refractivity contribution is 5.87. The van der Waals surface area contributed by atoms with Gasteiger partial charge in [-0.2, -0.15) is 0 Å². The zero-order valence-corrected chi connectivity index (χ0v) is 12.4. The number of benzene rings is 1. The van der Waals surface area contributed by atoms with Crippen molar-refractivity contribution in [2.75, 3.05) is 19.7 Å². The molecule has 21 heavy (non-hydrogen) atoms. The van der Waals surface area contributed by atoms with Gasteiger partial charge in [-0.15, -0.1) is 0 Å². The number of aliphatic hydroxyl groups excluding tert-OH is 1. The van der Waals surface area contributed by atoms with Crippen molar-refractivity contribution in [3.05, 3.63) is 35.4 Å². The molecule has 6 nitrogen and oxygen atoms in total. The number of hydrogen-bond acceptors (Lipinski definition) is 3. The zero-order chi connectivity index (χ0) is 15.8. The molecule has 0 atom stereocenters. The fourth-order valence-corrected chi connectivity index (χ4v) is 1.98. The van der Waals surface area contributed by atoms with E-state index in [1.165, 1.54) is 6.07 Å². The second-order valence-electron chi connectivity index (χ2n) is 5.00. The zero-order valence-electron chi connectivity index (χ0n) is 12.4. The van der Waals surface area contributed by atoms with E-state index in [0.717, 1.165) is 5.56 Å². The molecule has 116 valence electrons. The minimum atomic E-state index is -0.963. The number of aliphatic hydroxyl groups is 1. The lowest BCUT2D eigenvalue weighted by molar-refractivity contribution is 0.0696. The second-order valence-corrected chi connectivity index (χ2v) is 5.00. The molecule has 0 radical (unpaired) electrons. The van der Waals surface area contributed by atoms with Gasteiger partial charge in [0.25, 0.3) is 0 Å². The van der Waals surface area contributed by atoms with E-state index in [9.17, 15) is 9.59 Å². The Morgan fingerprint density at radius 2 is 2.05 bits per heavy atom. The van der Waals surface area contributed by atoms with Crippen LogP contribution in [0.5, 0.6) is 0 Å². The van der Waals surface area contributed by atoms with Gasteiger partial charge >= 0.3 is 12.0 Å². The van der Waals surface area contributed by atoms with Crippen molar-refractivity contribution in [3.8, 4) is 0 Å². The van der Waals surface area contributed by atoms with Gasteiger partial charge in [-0.05, 0) is 38.0 Å². The number of carboxylic acids is 1. The quantitative estimate of drug-likeness (QED) is 0.708. The highest BCUT2D eigenvalue weighted by Crippen LogP contribution is 2.06. The lowest BCUT2D eigenvalue weighted by Crippen LogP contribution is -2.45. The number of carbonyl (C=O) groups is 2. The molecule has 0 saturated carbocycles. The predicted octanol–water partition coefficient (Wildman–Crippen LogP) is 1.34. The minimum absolute atomic E-state index is 0.00693. The third-order valence-corrected chi connectivity index (χ3v) is 3.09. The summed E-state index contributed by atoms with van der Waals surface area (Å²) < 4.78 is 0. The molecule has 1 aromatic carbocycles. The Kier molecular flexibility index (Phi) is 6.68. The number of carboxylic acid groups (broad SMARTS) is 1. The Morgan fingerprint density at radius 3 is 2.62 bits per heavy atom. The van der Waals surface area contributed by atoms with Gasteiger partial charge in [0.15, 0.2) is 0 Å². The molecule has 1 aromatic rings. The van der Waals surface area contributed by atoms with E-state index in [-0.39, 0.29) is 30.8 Å². The van der Waals surface area contributed by atoms with Crippen molar-refractivity contribution >= 4 is 12.0 Å². The van der Waals surface area contributed by atoms with Gasteiger partial charge in [0, 0.05) is 19.1 Å². The molecule has 0 fully saturated rings. The number of rotatable bonds is 7. The third-order valence-electron chi connectivity index (χ3n) is 3.09. The minimum Gasteiger partial charge on any atom is -0.478 e. The third kappa shape index (κ3) is 5.43. The van der Waals surface area contributed by atoms with Gasteiger partial charge in [-0.1, -0.05) is 12.1 Å². The van der Waals surface area contributed by atoms with Gasteiger partial charge in [-0.25, -0.2) is 9.59 Å². The summed E-state index contributed by atoms with van der Waals surface area (Å²) in [6.07, 6.45) is 0.553. The number of aromatic carboxylic acids is 1. The van der Waals surface area contributed by atoms with Crippen molar-refractivity contribution in [2.24, 2.45) is 0 Å². The molecule has 2 amide bonds. The van der Waals surface area contributed by atoms with Crippen LogP contribution >= 0.6 is 0 Å². The van der Waals surface area contributed by atoms with Crippen LogP contribution in [0.3, 0.4) is 0 Å². The fraction of sp³-hybridized carbons (Fsp3) is 0.467. The summed E-state index contributed by atoms with van der Waals surface area (Å²) in [5.74, 6) is -0.963. The van der Waals surface area contributed by atoms with Crippen LogP contribution in [0.1, 0.15) is 29.8 Å². The van der Waals surface area contributed by atoms with Crippen LogP contribution in [0, 0.1) is 0 Å². The molecule has 0 heterocycles. The van der Waals surface area contributed by atoms with E-state index in [1.807, 2.05) is 19.9 Å². The number of urea groups is 1. The van der Waals surface area contributed by atoms with E-state index in [0.29, 0.717) is 13.0 Å². The van der Waals surface area contributed by atoms with Crippen molar-refractivity contribution < 1.29 is 19.8 Å². The molecule has 0 aliphatic rings. The highest BCUT2D eigenvalue weighted by Gasteiger charge is 2.15. The Bertz CT molecular complexity index is 488. The largest absolute Gasteiger partial charge is 0.478 e. The fourth-order valence-electron chi connectivity index (χ4n) is 1.98. The van der Waals surface area contributed by atoms with Gasteiger partial charge < -0.3 is 20.4 Å². The number of hydrogen-bond donors (Lipinski definition) is 3. The van der Waals surface area contributed by atoms with E-state index >= 15 is 0 Å². The molecule has 1 rings (SSSR count).